The Hall–Kier alpha value is -3.82. The van der Waals surface area contributed by atoms with Gasteiger partial charge in [0.2, 0.25) is 5.91 Å². The molecule has 1 aromatic heterocycles. The number of amides is 2. The lowest BCUT2D eigenvalue weighted by molar-refractivity contribution is -0.137. The van der Waals surface area contributed by atoms with Crippen LogP contribution in [-0.4, -0.2) is 46.7 Å². The highest BCUT2D eigenvalue weighted by Gasteiger charge is 2.31. The van der Waals surface area contributed by atoms with Gasteiger partial charge in [-0.05, 0) is 60.9 Å². The number of methoxy groups -OCH3 is 1. The Balaban J connectivity index is 1.86. The number of rotatable bonds is 9. The summed E-state index contributed by atoms with van der Waals surface area (Å²) < 4.78 is 45.8. The number of hydrogen-bond acceptors (Lipinski definition) is 4. The molecule has 0 aliphatic carbocycles. The van der Waals surface area contributed by atoms with Gasteiger partial charge in [0.05, 0.1) is 24.1 Å². The number of hydrogen-bond donors (Lipinski definition) is 1. The number of anilines is 1. The van der Waals surface area contributed by atoms with Crippen molar-refractivity contribution in [1.29, 1.82) is 0 Å². The van der Waals surface area contributed by atoms with Crippen LogP contribution in [0.3, 0.4) is 0 Å². The molecule has 1 heterocycles. The first-order chi connectivity index (χ1) is 18.2. The molecule has 0 fully saturated rings. The molecule has 3 aromatic rings. The lowest BCUT2D eigenvalue weighted by Crippen LogP contribution is -2.39. The summed E-state index contributed by atoms with van der Waals surface area (Å²) in [5.74, 6) is 0.394. The van der Waals surface area contributed by atoms with Crippen LogP contribution >= 0.6 is 0 Å². The molecule has 7 nitrogen and oxygen atoms in total. The number of nitrogens with one attached hydrogen (secondary N) is 1. The molecule has 0 saturated carbocycles. The first-order valence-corrected chi connectivity index (χ1v) is 12.7. The monoisotopic (exact) mass is 544 g/mol. The molecule has 3 rings (SSSR count). The maximum absolute atomic E-state index is 13.2. The Morgan fingerprint density at radius 1 is 1.03 bits per heavy atom. The van der Waals surface area contributed by atoms with Gasteiger partial charge in [0, 0.05) is 23.6 Å². The molecule has 0 aliphatic heterocycles. The average molecular weight is 545 g/mol. The Morgan fingerprint density at radius 3 is 2.15 bits per heavy atom. The van der Waals surface area contributed by atoms with Gasteiger partial charge in [-0.2, -0.15) is 18.3 Å². The van der Waals surface area contributed by atoms with Crippen molar-refractivity contribution in [2.75, 3.05) is 25.5 Å². The number of nitrogens with zero attached hydrogens (tertiary/aromatic N) is 3. The number of alkyl halides is 3. The summed E-state index contributed by atoms with van der Waals surface area (Å²) in [6.45, 7) is 10.0. The fourth-order valence-electron chi connectivity index (χ4n) is 3.76. The van der Waals surface area contributed by atoms with E-state index >= 15 is 0 Å². The molecule has 1 N–H and O–H groups in total. The highest BCUT2D eigenvalue weighted by Crippen LogP contribution is 2.30. The van der Waals surface area contributed by atoms with E-state index in [2.05, 4.69) is 5.32 Å². The van der Waals surface area contributed by atoms with Crippen molar-refractivity contribution >= 4 is 17.6 Å². The van der Waals surface area contributed by atoms with Gasteiger partial charge in [-0.25, -0.2) is 4.68 Å². The zero-order valence-electron chi connectivity index (χ0n) is 23.1. The van der Waals surface area contributed by atoms with Crippen molar-refractivity contribution in [3.05, 3.63) is 71.4 Å². The minimum Gasteiger partial charge on any atom is -0.497 e. The molecule has 0 radical (unpaired) electrons. The third kappa shape index (κ3) is 7.84. The van der Waals surface area contributed by atoms with Gasteiger partial charge >= 0.3 is 6.18 Å². The Morgan fingerprint density at radius 2 is 1.64 bits per heavy atom. The fourth-order valence-corrected chi connectivity index (χ4v) is 3.76. The molecule has 2 amide bonds. The van der Waals surface area contributed by atoms with Crippen molar-refractivity contribution in [2.24, 2.45) is 5.92 Å². The molecule has 39 heavy (non-hydrogen) atoms. The minimum atomic E-state index is -4.50. The molecule has 0 spiro atoms. The van der Waals surface area contributed by atoms with Gasteiger partial charge in [-0.15, -0.1) is 0 Å². The molecular formula is C29H35F3N4O3. The largest absolute Gasteiger partial charge is 0.497 e. The van der Waals surface area contributed by atoms with Crippen molar-refractivity contribution in [2.45, 2.75) is 52.6 Å². The summed E-state index contributed by atoms with van der Waals surface area (Å²) in [5, 5.41) is 7.57. The summed E-state index contributed by atoms with van der Waals surface area (Å²) >= 11 is 0. The topological polar surface area (TPSA) is 76.5 Å². The van der Waals surface area contributed by atoms with Gasteiger partial charge < -0.3 is 15.0 Å². The first-order valence-electron chi connectivity index (χ1n) is 12.7. The number of ether oxygens (including phenoxy) is 1. The van der Waals surface area contributed by atoms with Crippen molar-refractivity contribution in [3.8, 4) is 11.4 Å². The van der Waals surface area contributed by atoms with E-state index in [4.69, 9.17) is 9.84 Å². The third-order valence-electron chi connectivity index (χ3n) is 6.12. The molecule has 0 aliphatic rings. The van der Waals surface area contributed by atoms with Crippen molar-refractivity contribution in [1.82, 2.24) is 14.7 Å². The van der Waals surface area contributed by atoms with Crippen LogP contribution in [0.25, 0.3) is 5.69 Å². The molecule has 0 bridgehead atoms. The highest BCUT2D eigenvalue weighted by atomic mass is 19.4. The van der Waals surface area contributed by atoms with E-state index in [1.807, 2.05) is 46.8 Å². The average Bonchev–Trinajstić information content (AvgIpc) is 3.30. The van der Waals surface area contributed by atoms with E-state index < -0.39 is 23.6 Å². The number of carbonyl (C=O) groups is 2. The number of benzene rings is 2. The predicted octanol–water partition coefficient (Wildman–Crippen LogP) is 6.32. The Labute approximate surface area is 227 Å². The second-order valence-electron chi connectivity index (χ2n) is 10.8. The van der Waals surface area contributed by atoms with E-state index in [9.17, 15) is 22.8 Å². The predicted molar refractivity (Wildman–Crippen MR) is 144 cm³/mol. The molecule has 2 aromatic carbocycles. The summed E-state index contributed by atoms with van der Waals surface area (Å²) in [7, 11) is 1.57. The van der Waals surface area contributed by atoms with Crippen LogP contribution in [0.15, 0.2) is 54.6 Å². The number of halogens is 3. The SMILES string of the molecule is COc1ccc(-n2nc(C(C)(C)C)cc2NC(=O)CN(CCC(C)C)C(=O)c2ccc(C(F)(F)F)cc2)cc1. The lowest BCUT2D eigenvalue weighted by atomic mass is 9.92. The second kappa shape index (κ2) is 11.9. The van der Waals surface area contributed by atoms with Crippen LogP contribution in [-0.2, 0) is 16.4 Å². The standard InChI is InChI=1S/C29H35F3N4O3/c1-19(2)15-16-35(27(38)20-7-9-21(10-8-20)29(30,31)32)18-26(37)33-25-17-24(28(3,4)5)34-36(25)22-11-13-23(39-6)14-12-22/h7-14,17,19H,15-16,18H2,1-6H3,(H,33,37). The maximum atomic E-state index is 13.2. The van der Waals surface area contributed by atoms with E-state index in [0.29, 0.717) is 23.7 Å². The number of aromatic nitrogens is 2. The van der Waals surface area contributed by atoms with Crippen LogP contribution in [0.5, 0.6) is 5.75 Å². The van der Waals surface area contributed by atoms with Crippen LogP contribution in [0.4, 0.5) is 19.0 Å². The van der Waals surface area contributed by atoms with E-state index in [-0.39, 0.29) is 30.0 Å². The van der Waals surface area contributed by atoms with Gasteiger partial charge in [0.15, 0.2) is 0 Å². The Kier molecular flexibility index (Phi) is 9.09. The Bertz CT molecular complexity index is 1280. The van der Waals surface area contributed by atoms with Crippen LogP contribution in [0.2, 0.25) is 0 Å². The normalized spacial score (nSPS) is 11.9. The maximum Gasteiger partial charge on any atom is 0.416 e. The molecule has 10 heteroatoms. The van der Waals surface area contributed by atoms with Gasteiger partial charge in [0.1, 0.15) is 18.1 Å². The molecule has 0 atom stereocenters. The van der Waals surface area contributed by atoms with Gasteiger partial charge in [-0.3, -0.25) is 9.59 Å². The van der Waals surface area contributed by atoms with Crippen LogP contribution in [0.1, 0.15) is 62.7 Å². The van der Waals surface area contributed by atoms with E-state index in [0.717, 1.165) is 30.0 Å². The van der Waals surface area contributed by atoms with Gasteiger partial charge in [0.25, 0.3) is 5.91 Å². The van der Waals surface area contributed by atoms with E-state index in [1.54, 1.807) is 30.0 Å². The van der Waals surface area contributed by atoms with Crippen molar-refractivity contribution in [3.63, 3.8) is 0 Å². The van der Waals surface area contributed by atoms with Crippen LogP contribution < -0.4 is 10.1 Å². The fraction of sp³-hybridized carbons (Fsp3) is 0.414. The first kappa shape index (κ1) is 29.7. The van der Waals surface area contributed by atoms with Crippen LogP contribution in [0, 0.1) is 5.92 Å². The number of carbonyl (C=O) groups excluding carboxylic acids is 2. The minimum absolute atomic E-state index is 0.0813. The molecule has 0 saturated heterocycles. The summed E-state index contributed by atoms with van der Waals surface area (Å²) in [4.78, 5) is 27.8. The summed E-state index contributed by atoms with van der Waals surface area (Å²) in [6, 6.07) is 13.0. The second-order valence-corrected chi connectivity index (χ2v) is 10.8. The lowest BCUT2D eigenvalue weighted by Gasteiger charge is -2.23. The zero-order valence-corrected chi connectivity index (χ0v) is 23.1. The highest BCUT2D eigenvalue weighted by molar-refractivity contribution is 5.99. The molecule has 210 valence electrons. The summed E-state index contributed by atoms with van der Waals surface area (Å²) in [6.07, 6.45) is -3.88. The molecule has 0 unspecified atom stereocenters. The zero-order chi connectivity index (χ0) is 29.0. The quantitative estimate of drug-likeness (QED) is 0.342. The van der Waals surface area contributed by atoms with E-state index in [1.165, 1.54) is 4.90 Å². The van der Waals surface area contributed by atoms with Gasteiger partial charge in [-0.1, -0.05) is 34.6 Å². The molecular weight excluding hydrogens is 509 g/mol. The summed E-state index contributed by atoms with van der Waals surface area (Å²) in [5.41, 5.74) is 0.411. The van der Waals surface area contributed by atoms with Crippen molar-refractivity contribution < 1.29 is 27.5 Å². The third-order valence-corrected chi connectivity index (χ3v) is 6.12. The smallest absolute Gasteiger partial charge is 0.416 e.